The number of nitrogens with zero attached hydrogens (tertiary/aromatic N) is 5. The number of piperidine rings is 2. The Kier molecular flexibility index (Phi) is 9.75. The number of halogens is 1. The third kappa shape index (κ3) is 7.18. The maximum Gasteiger partial charge on any atom is 0.251 e. The van der Waals surface area contributed by atoms with Gasteiger partial charge in [-0.15, -0.1) is 21.5 Å². The summed E-state index contributed by atoms with van der Waals surface area (Å²) >= 11 is 7.92. The monoisotopic (exact) mass is 726 g/mol. The lowest BCUT2D eigenvalue weighted by Gasteiger charge is -2.33. The van der Waals surface area contributed by atoms with Gasteiger partial charge in [0.2, 0.25) is 17.7 Å². The average molecular weight is 727 g/mol. The number of nitrogens with one attached hydrogen (secondary N) is 3. The van der Waals surface area contributed by atoms with Gasteiger partial charge in [-0.1, -0.05) is 23.7 Å². The van der Waals surface area contributed by atoms with E-state index in [2.05, 4.69) is 49.5 Å². The number of aromatic nitrogens is 3. The molecule has 7 rings (SSSR count). The third-order valence-corrected chi connectivity index (χ3v) is 11.4. The van der Waals surface area contributed by atoms with Crippen molar-refractivity contribution < 1.29 is 19.2 Å². The second-order valence-corrected chi connectivity index (χ2v) is 15.0. The Morgan fingerprint density at radius 1 is 0.980 bits per heavy atom. The summed E-state index contributed by atoms with van der Waals surface area (Å²) in [5.74, 6) is 0.507. The largest absolute Gasteiger partial charge is 0.372 e. The molecule has 4 amide bonds. The number of carbonyl (C=O) groups is 4. The number of benzene rings is 2. The highest BCUT2D eigenvalue weighted by molar-refractivity contribution is 7.15. The van der Waals surface area contributed by atoms with Crippen molar-refractivity contribution in [3.8, 4) is 5.00 Å². The van der Waals surface area contributed by atoms with Crippen LogP contribution in [-0.2, 0) is 14.4 Å². The summed E-state index contributed by atoms with van der Waals surface area (Å²) in [7, 11) is 0. The topological polar surface area (TPSA) is 151 Å². The van der Waals surface area contributed by atoms with Crippen LogP contribution in [0.5, 0.6) is 0 Å². The highest BCUT2D eigenvalue weighted by Gasteiger charge is 2.33. The number of aliphatic imine (C=N–C) groups is 1. The van der Waals surface area contributed by atoms with Crippen molar-refractivity contribution in [2.45, 2.75) is 65.0 Å². The van der Waals surface area contributed by atoms with E-state index in [1.54, 1.807) is 23.5 Å². The zero-order chi connectivity index (χ0) is 35.8. The molecule has 2 aromatic carbocycles. The van der Waals surface area contributed by atoms with E-state index in [9.17, 15) is 19.2 Å². The van der Waals surface area contributed by atoms with Gasteiger partial charge in [0.15, 0.2) is 5.82 Å². The Morgan fingerprint density at radius 3 is 2.41 bits per heavy atom. The molecule has 264 valence electrons. The second-order valence-electron chi connectivity index (χ2n) is 13.4. The summed E-state index contributed by atoms with van der Waals surface area (Å²) in [6.45, 7) is 8.36. The zero-order valence-corrected chi connectivity index (χ0v) is 30.2. The molecular formula is C37H39ClN8O4S. The van der Waals surface area contributed by atoms with Crippen LogP contribution in [0.4, 0.5) is 5.69 Å². The third-order valence-electron chi connectivity index (χ3n) is 9.98. The number of anilines is 1. The zero-order valence-electron chi connectivity index (χ0n) is 28.7. The van der Waals surface area contributed by atoms with Gasteiger partial charge in [-0.05, 0) is 87.9 Å². The highest BCUT2D eigenvalue weighted by atomic mass is 35.5. The van der Waals surface area contributed by atoms with Crippen molar-refractivity contribution in [3.05, 3.63) is 92.3 Å². The fourth-order valence-electron chi connectivity index (χ4n) is 6.93. The predicted octanol–water partition coefficient (Wildman–Crippen LogP) is 4.76. The Hall–Kier alpha value is -4.88. The Morgan fingerprint density at radius 2 is 1.71 bits per heavy atom. The Balaban J connectivity index is 0.967. The predicted molar refractivity (Wildman–Crippen MR) is 196 cm³/mol. The van der Waals surface area contributed by atoms with E-state index in [1.807, 2.05) is 43.3 Å². The first kappa shape index (κ1) is 34.6. The minimum absolute atomic E-state index is 0.0850. The molecule has 5 heterocycles. The van der Waals surface area contributed by atoms with Gasteiger partial charge in [-0.3, -0.25) is 34.1 Å². The number of fused-ring (bicyclic) bond motifs is 3. The second kappa shape index (κ2) is 14.4. The smallest absolute Gasteiger partial charge is 0.251 e. The van der Waals surface area contributed by atoms with E-state index < -0.39 is 18.0 Å². The molecule has 0 spiro atoms. The van der Waals surface area contributed by atoms with Gasteiger partial charge < -0.3 is 15.5 Å². The Labute approximate surface area is 304 Å². The first-order valence-electron chi connectivity index (χ1n) is 17.2. The quantitative estimate of drug-likeness (QED) is 0.222. The van der Waals surface area contributed by atoms with Crippen molar-refractivity contribution in [3.63, 3.8) is 0 Å². The molecule has 0 bridgehead atoms. The van der Waals surface area contributed by atoms with Crippen LogP contribution in [0.25, 0.3) is 5.00 Å². The van der Waals surface area contributed by atoms with Crippen LogP contribution >= 0.6 is 22.9 Å². The summed E-state index contributed by atoms with van der Waals surface area (Å²) in [4.78, 5) is 58.3. The number of aryl methyl sites for hydroxylation is 2. The molecule has 0 saturated carbocycles. The first-order valence-corrected chi connectivity index (χ1v) is 18.4. The summed E-state index contributed by atoms with van der Waals surface area (Å²) in [5.41, 5.74) is 5.39. The highest BCUT2D eigenvalue weighted by Crippen LogP contribution is 2.39. The molecule has 1 unspecified atom stereocenters. The van der Waals surface area contributed by atoms with Crippen LogP contribution in [0.15, 0.2) is 53.5 Å². The van der Waals surface area contributed by atoms with Gasteiger partial charge in [-0.2, -0.15) is 0 Å². The number of thiophene rings is 1. The molecule has 14 heteroatoms. The fourth-order valence-corrected chi connectivity index (χ4v) is 8.27. The lowest BCUT2D eigenvalue weighted by Crippen LogP contribution is -2.52. The Bertz CT molecular complexity index is 2030. The van der Waals surface area contributed by atoms with E-state index in [1.165, 1.54) is 4.88 Å². The molecule has 2 saturated heterocycles. The maximum atomic E-state index is 13.5. The molecule has 2 atom stereocenters. The number of amides is 4. The molecule has 3 N–H and O–H groups in total. The van der Waals surface area contributed by atoms with Crippen molar-refractivity contribution in [2.75, 3.05) is 24.5 Å². The van der Waals surface area contributed by atoms with Crippen LogP contribution < -0.4 is 20.9 Å². The normalized spacial score (nSPS) is 19.1. The van der Waals surface area contributed by atoms with Crippen LogP contribution in [-0.4, -0.2) is 69.8 Å². The lowest BCUT2D eigenvalue weighted by atomic mass is 9.96. The van der Waals surface area contributed by atoms with E-state index in [-0.39, 0.29) is 30.6 Å². The molecule has 3 aliphatic rings. The lowest BCUT2D eigenvalue weighted by molar-refractivity contribution is -0.134. The average Bonchev–Trinajstić information content (AvgIpc) is 3.60. The van der Waals surface area contributed by atoms with Crippen LogP contribution in [0.2, 0.25) is 5.02 Å². The summed E-state index contributed by atoms with van der Waals surface area (Å²) < 4.78 is 2.05. The number of hydrogen-bond acceptors (Lipinski definition) is 9. The van der Waals surface area contributed by atoms with Gasteiger partial charge in [0.1, 0.15) is 22.9 Å². The molecular weight excluding hydrogens is 688 g/mol. The van der Waals surface area contributed by atoms with E-state index >= 15 is 0 Å². The van der Waals surface area contributed by atoms with Crippen LogP contribution in [0.1, 0.15) is 81.7 Å². The van der Waals surface area contributed by atoms with Crippen molar-refractivity contribution >= 4 is 58.0 Å². The van der Waals surface area contributed by atoms with Crippen molar-refractivity contribution in [1.29, 1.82) is 0 Å². The number of hydrogen-bond donors (Lipinski definition) is 3. The minimum atomic E-state index is -0.715. The number of carbonyl (C=O) groups excluding carboxylic acids is 4. The summed E-state index contributed by atoms with van der Waals surface area (Å²) in [6, 6.07) is 13.7. The van der Waals surface area contributed by atoms with Crippen molar-refractivity contribution in [2.24, 2.45) is 10.9 Å². The molecule has 2 fully saturated rings. The first-order chi connectivity index (χ1) is 24.5. The molecule has 2 aromatic heterocycles. The molecule has 12 nitrogen and oxygen atoms in total. The van der Waals surface area contributed by atoms with Gasteiger partial charge >= 0.3 is 0 Å². The fraction of sp³-hybridized carbons (Fsp3) is 0.378. The van der Waals surface area contributed by atoms with Gasteiger partial charge in [0.25, 0.3) is 5.91 Å². The van der Waals surface area contributed by atoms with E-state index in [0.29, 0.717) is 35.3 Å². The number of rotatable bonds is 8. The standard InChI is InChI=1S/C37H39ClN8O4S/c1-20-21(2)51-37-32(20)33(24-4-8-26(38)9-5-24)40-29(34-44-43-22(3)46(34)37)18-31(48)39-19-23-14-16-45(17-15-23)27-10-6-25(7-11-27)35(49)41-28-12-13-30(47)42-36(28)50/h4-11,23,28-29H,12-19H2,1-3H3,(H,39,48)(H,41,49)(H,42,47,50)/t28?,29-/m0/s1. The molecule has 0 radical (unpaired) electrons. The van der Waals surface area contributed by atoms with Gasteiger partial charge in [-0.25, -0.2) is 0 Å². The maximum absolute atomic E-state index is 13.5. The molecule has 51 heavy (non-hydrogen) atoms. The van der Waals surface area contributed by atoms with Crippen LogP contribution in [0, 0.1) is 26.7 Å². The molecule has 0 aliphatic carbocycles. The molecule has 3 aliphatic heterocycles. The van der Waals surface area contributed by atoms with Gasteiger partial charge in [0.05, 0.1) is 12.1 Å². The minimum Gasteiger partial charge on any atom is -0.372 e. The van der Waals surface area contributed by atoms with Crippen LogP contribution in [0.3, 0.4) is 0 Å². The van der Waals surface area contributed by atoms with E-state index in [4.69, 9.17) is 16.6 Å². The SMILES string of the molecule is Cc1sc2c(c1C)C(c1ccc(Cl)cc1)=N[C@@H](CC(=O)NCC1CCN(c3ccc(C(=O)NC4CCC(=O)NC4=O)cc3)CC1)c1nnc(C)n1-2. The summed E-state index contributed by atoms with van der Waals surface area (Å²) in [5, 5.41) is 18.7. The van der Waals surface area contributed by atoms with Crippen molar-refractivity contribution in [1.82, 2.24) is 30.7 Å². The summed E-state index contributed by atoms with van der Waals surface area (Å²) in [6.07, 6.45) is 2.46. The number of imide groups is 1. The van der Waals surface area contributed by atoms with E-state index in [0.717, 1.165) is 64.8 Å². The molecule has 4 aromatic rings. The van der Waals surface area contributed by atoms with Gasteiger partial charge in [0, 0.05) is 58.3 Å².